The number of rotatable bonds is 0. The minimum Gasteiger partial charge on any atom is -0.494 e. The minimum atomic E-state index is -0.337. The normalized spacial score (nSPS) is 10.5. The number of aromatic amines is 1. The molecule has 0 atom stereocenters. The van der Waals surface area contributed by atoms with E-state index in [9.17, 15) is 9.90 Å². The fourth-order valence-electron chi connectivity index (χ4n) is 1.28. The molecule has 0 saturated carbocycles. The monoisotopic (exact) mass is 176 g/mol. The van der Waals surface area contributed by atoms with Crippen LogP contribution in [-0.4, -0.2) is 10.1 Å². The molecule has 2 rings (SSSR count). The number of hydrogen-bond donors (Lipinski definition) is 3. The van der Waals surface area contributed by atoms with Gasteiger partial charge in [0.05, 0.1) is 0 Å². The summed E-state index contributed by atoms with van der Waals surface area (Å²) in [5.74, 6) is -0.123. The van der Waals surface area contributed by atoms with Gasteiger partial charge in [0.2, 0.25) is 0 Å². The van der Waals surface area contributed by atoms with Crippen LogP contribution in [0.1, 0.15) is 0 Å². The maximum Gasteiger partial charge on any atom is 0.251 e. The third kappa shape index (κ3) is 1.22. The van der Waals surface area contributed by atoms with Crippen molar-refractivity contribution in [2.75, 3.05) is 5.73 Å². The molecule has 1 aromatic carbocycles. The van der Waals surface area contributed by atoms with E-state index >= 15 is 0 Å². The molecule has 0 saturated heterocycles. The van der Waals surface area contributed by atoms with Crippen LogP contribution in [0, 0.1) is 0 Å². The molecule has 0 aliphatic heterocycles. The maximum atomic E-state index is 11.0. The van der Waals surface area contributed by atoms with E-state index < -0.39 is 0 Å². The zero-order valence-corrected chi connectivity index (χ0v) is 6.74. The smallest absolute Gasteiger partial charge is 0.251 e. The molecule has 4 N–H and O–H groups in total. The van der Waals surface area contributed by atoms with Gasteiger partial charge in [-0.25, -0.2) is 0 Å². The summed E-state index contributed by atoms with van der Waals surface area (Å²) in [4.78, 5) is 13.3. The average molecular weight is 176 g/mol. The van der Waals surface area contributed by atoms with Crippen LogP contribution in [-0.2, 0) is 0 Å². The van der Waals surface area contributed by atoms with Gasteiger partial charge < -0.3 is 10.8 Å². The van der Waals surface area contributed by atoms with Crippen LogP contribution >= 0.6 is 0 Å². The SMILES string of the molecule is Nc1ccc2c(O)[nH]c(=O)cc2c1. The third-order valence-corrected chi connectivity index (χ3v) is 1.86. The average Bonchev–Trinajstić information content (AvgIpc) is 2.02. The Morgan fingerprint density at radius 2 is 2.08 bits per heavy atom. The molecular formula is C9H8N2O2. The third-order valence-electron chi connectivity index (χ3n) is 1.86. The number of H-pyrrole nitrogens is 1. The van der Waals surface area contributed by atoms with Crippen LogP contribution in [0.2, 0.25) is 0 Å². The molecular weight excluding hydrogens is 168 g/mol. The number of nitrogen functional groups attached to an aromatic ring is 1. The Hall–Kier alpha value is -1.97. The van der Waals surface area contributed by atoms with Crippen LogP contribution in [0.4, 0.5) is 5.69 Å². The summed E-state index contributed by atoms with van der Waals surface area (Å²) in [5, 5.41) is 10.6. The largest absolute Gasteiger partial charge is 0.494 e. The molecule has 4 nitrogen and oxygen atoms in total. The molecule has 13 heavy (non-hydrogen) atoms. The summed E-state index contributed by atoms with van der Waals surface area (Å²) >= 11 is 0. The van der Waals surface area contributed by atoms with E-state index in [2.05, 4.69) is 4.98 Å². The minimum absolute atomic E-state index is 0.123. The summed E-state index contributed by atoms with van der Waals surface area (Å²) in [6.45, 7) is 0. The Morgan fingerprint density at radius 1 is 1.31 bits per heavy atom. The van der Waals surface area contributed by atoms with Gasteiger partial charge >= 0.3 is 0 Å². The predicted octanol–water partition coefficient (Wildman–Crippen LogP) is 0.816. The van der Waals surface area contributed by atoms with Gasteiger partial charge in [0, 0.05) is 17.1 Å². The van der Waals surface area contributed by atoms with Crippen molar-refractivity contribution in [2.24, 2.45) is 0 Å². The van der Waals surface area contributed by atoms with Crippen LogP contribution < -0.4 is 11.3 Å². The molecule has 4 heteroatoms. The van der Waals surface area contributed by atoms with Crippen LogP contribution in [0.5, 0.6) is 5.88 Å². The van der Waals surface area contributed by atoms with Crippen molar-refractivity contribution in [3.8, 4) is 5.88 Å². The van der Waals surface area contributed by atoms with E-state index in [1.54, 1.807) is 18.2 Å². The highest BCUT2D eigenvalue weighted by atomic mass is 16.3. The number of aromatic hydroxyl groups is 1. The Kier molecular flexibility index (Phi) is 1.48. The molecule has 0 amide bonds. The standard InChI is InChI=1S/C9H8N2O2/c10-6-1-2-7-5(3-6)4-8(12)11-9(7)13/h1-4H,10H2,(H2,11,12,13). The maximum absolute atomic E-state index is 11.0. The predicted molar refractivity (Wildman–Crippen MR) is 50.6 cm³/mol. The highest BCUT2D eigenvalue weighted by Crippen LogP contribution is 2.21. The lowest BCUT2D eigenvalue weighted by Crippen LogP contribution is -2.02. The first kappa shape index (κ1) is 7.67. The van der Waals surface area contributed by atoms with E-state index in [4.69, 9.17) is 5.73 Å². The first-order valence-electron chi connectivity index (χ1n) is 3.78. The molecule has 2 aromatic rings. The van der Waals surface area contributed by atoms with Gasteiger partial charge in [0.15, 0.2) is 5.88 Å². The van der Waals surface area contributed by atoms with Crippen molar-refractivity contribution in [3.05, 3.63) is 34.6 Å². The molecule has 0 unspecified atom stereocenters. The number of anilines is 1. The second-order valence-corrected chi connectivity index (χ2v) is 2.83. The van der Waals surface area contributed by atoms with Crippen molar-refractivity contribution in [1.82, 2.24) is 4.98 Å². The van der Waals surface area contributed by atoms with Gasteiger partial charge in [0.25, 0.3) is 5.56 Å². The fraction of sp³-hybridized carbons (Fsp3) is 0. The lowest BCUT2D eigenvalue weighted by molar-refractivity contribution is 0.459. The number of nitrogens with one attached hydrogen (secondary N) is 1. The number of pyridine rings is 1. The summed E-state index contributed by atoms with van der Waals surface area (Å²) < 4.78 is 0. The van der Waals surface area contributed by atoms with Crippen molar-refractivity contribution in [2.45, 2.75) is 0 Å². The van der Waals surface area contributed by atoms with Crippen LogP contribution in [0.3, 0.4) is 0 Å². The van der Waals surface area contributed by atoms with Crippen molar-refractivity contribution < 1.29 is 5.11 Å². The van der Waals surface area contributed by atoms with E-state index in [1.807, 2.05) is 0 Å². The molecule has 0 bridgehead atoms. The van der Waals surface area contributed by atoms with Gasteiger partial charge in [0.1, 0.15) is 0 Å². The first-order chi connectivity index (χ1) is 6.16. The van der Waals surface area contributed by atoms with Crippen molar-refractivity contribution >= 4 is 16.5 Å². The Morgan fingerprint density at radius 3 is 2.85 bits per heavy atom. The molecule has 0 aliphatic rings. The van der Waals surface area contributed by atoms with E-state index in [-0.39, 0.29) is 11.4 Å². The molecule has 0 aliphatic carbocycles. The molecule has 66 valence electrons. The second-order valence-electron chi connectivity index (χ2n) is 2.83. The molecule has 1 heterocycles. The number of nitrogens with two attached hydrogens (primary N) is 1. The van der Waals surface area contributed by atoms with Gasteiger partial charge in [-0.05, 0) is 23.6 Å². The quantitative estimate of drug-likeness (QED) is 0.520. The van der Waals surface area contributed by atoms with Gasteiger partial charge in [-0.1, -0.05) is 0 Å². The van der Waals surface area contributed by atoms with Crippen molar-refractivity contribution in [1.29, 1.82) is 0 Å². The van der Waals surface area contributed by atoms with Gasteiger partial charge in [-0.2, -0.15) is 0 Å². The van der Waals surface area contributed by atoms with E-state index in [0.717, 1.165) is 0 Å². The Labute approximate surface area is 73.6 Å². The summed E-state index contributed by atoms with van der Waals surface area (Å²) in [6.07, 6.45) is 0. The number of hydrogen-bond acceptors (Lipinski definition) is 3. The first-order valence-corrected chi connectivity index (χ1v) is 3.78. The fourth-order valence-corrected chi connectivity index (χ4v) is 1.28. The molecule has 1 aromatic heterocycles. The Balaban J connectivity index is 2.94. The topological polar surface area (TPSA) is 79.1 Å². The van der Waals surface area contributed by atoms with Gasteiger partial charge in [-0.3, -0.25) is 9.78 Å². The highest BCUT2D eigenvalue weighted by Gasteiger charge is 2.00. The number of fused-ring (bicyclic) bond motifs is 1. The lowest BCUT2D eigenvalue weighted by Gasteiger charge is -2.00. The molecule has 0 radical (unpaired) electrons. The molecule has 0 spiro atoms. The summed E-state index contributed by atoms with van der Waals surface area (Å²) in [6, 6.07) is 6.37. The second kappa shape index (κ2) is 2.52. The highest BCUT2D eigenvalue weighted by molar-refractivity contribution is 5.88. The Bertz CT molecular complexity index is 516. The van der Waals surface area contributed by atoms with E-state index in [0.29, 0.717) is 16.5 Å². The van der Waals surface area contributed by atoms with E-state index in [1.165, 1.54) is 6.07 Å². The number of aromatic nitrogens is 1. The lowest BCUT2D eigenvalue weighted by atomic mass is 10.1. The number of benzene rings is 1. The summed E-state index contributed by atoms with van der Waals surface area (Å²) in [7, 11) is 0. The molecule has 0 fully saturated rings. The van der Waals surface area contributed by atoms with Crippen LogP contribution in [0.25, 0.3) is 10.8 Å². The zero-order chi connectivity index (χ0) is 9.42. The van der Waals surface area contributed by atoms with Gasteiger partial charge in [-0.15, -0.1) is 0 Å². The summed E-state index contributed by atoms with van der Waals surface area (Å²) in [5.41, 5.74) is 5.76. The van der Waals surface area contributed by atoms with Crippen molar-refractivity contribution in [3.63, 3.8) is 0 Å². The zero-order valence-electron chi connectivity index (χ0n) is 6.74. The van der Waals surface area contributed by atoms with Crippen LogP contribution in [0.15, 0.2) is 29.1 Å².